The fraction of sp³-hybridized carbons (Fsp3) is 0.474. The molecular weight excluding hydrogens is 300 g/mol. The predicted octanol–water partition coefficient (Wildman–Crippen LogP) is 2.28. The second kappa shape index (κ2) is 7.18. The molecule has 1 amide bonds. The Bertz CT molecular complexity index is 705. The van der Waals surface area contributed by atoms with Gasteiger partial charge in [0.15, 0.2) is 0 Å². The molecule has 0 saturated carbocycles. The number of amides is 1. The van der Waals surface area contributed by atoms with E-state index in [-0.39, 0.29) is 11.9 Å². The van der Waals surface area contributed by atoms with Gasteiger partial charge >= 0.3 is 0 Å². The van der Waals surface area contributed by atoms with E-state index in [1.165, 1.54) is 0 Å². The smallest absolute Gasteiger partial charge is 0.251 e. The molecule has 1 aromatic heterocycles. The van der Waals surface area contributed by atoms with Gasteiger partial charge in [-0.25, -0.2) is 0 Å². The SMILES string of the molecule is Cc1cc(C)n(Cc2ccc(C(=O)NC3CNCCC3C)cc2)n1. The number of carbonyl (C=O) groups is 1. The van der Waals surface area contributed by atoms with Crippen LogP contribution < -0.4 is 10.6 Å². The number of rotatable bonds is 4. The van der Waals surface area contributed by atoms with Crippen molar-refractivity contribution in [2.24, 2.45) is 5.92 Å². The molecule has 2 atom stereocenters. The van der Waals surface area contributed by atoms with Gasteiger partial charge in [0.05, 0.1) is 12.2 Å². The highest BCUT2D eigenvalue weighted by Gasteiger charge is 2.22. The number of nitrogens with one attached hydrogen (secondary N) is 2. The average molecular weight is 326 g/mol. The Morgan fingerprint density at radius 1 is 1.33 bits per heavy atom. The molecule has 128 valence electrons. The summed E-state index contributed by atoms with van der Waals surface area (Å²) < 4.78 is 1.99. The Balaban J connectivity index is 1.63. The van der Waals surface area contributed by atoms with Crippen LogP contribution >= 0.6 is 0 Å². The Kier molecular flexibility index (Phi) is 5.00. The summed E-state index contributed by atoms with van der Waals surface area (Å²) >= 11 is 0. The summed E-state index contributed by atoms with van der Waals surface area (Å²) in [7, 11) is 0. The molecule has 24 heavy (non-hydrogen) atoms. The maximum atomic E-state index is 12.4. The van der Waals surface area contributed by atoms with Gasteiger partial charge in [-0.3, -0.25) is 9.48 Å². The molecule has 0 bridgehead atoms. The maximum absolute atomic E-state index is 12.4. The van der Waals surface area contributed by atoms with Gasteiger partial charge < -0.3 is 10.6 Å². The van der Waals surface area contributed by atoms with Crippen LogP contribution in [0.1, 0.15) is 40.7 Å². The Morgan fingerprint density at radius 2 is 2.08 bits per heavy atom. The topological polar surface area (TPSA) is 59.0 Å². The number of carbonyl (C=O) groups excluding carboxylic acids is 1. The van der Waals surface area contributed by atoms with E-state index in [2.05, 4.69) is 35.6 Å². The minimum absolute atomic E-state index is 0.00761. The normalized spacial score (nSPS) is 20.8. The minimum Gasteiger partial charge on any atom is -0.348 e. The summed E-state index contributed by atoms with van der Waals surface area (Å²) in [6, 6.07) is 10.1. The van der Waals surface area contributed by atoms with E-state index in [1.807, 2.05) is 35.9 Å². The van der Waals surface area contributed by atoms with Crippen LogP contribution in [0.2, 0.25) is 0 Å². The average Bonchev–Trinajstić information content (AvgIpc) is 2.88. The molecule has 5 heteroatoms. The maximum Gasteiger partial charge on any atom is 0.251 e. The van der Waals surface area contributed by atoms with Crippen LogP contribution in [0.5, 0.6) is 0 Å². The summed E-state index contributed by atoms with van der Waals surface area (Å²) in [5.74, 6) is 0.522. The van der Waals surface area contributed by atoms with Crippen LogP contribution in [-0.2, 0) is 6.54 Å². The monoisotopic (exact) mass is 326 g/mol. The van der Waals surface area contributed by atoms with Crippen molar-refractivity contribution in [1.82, 2.24) is 20.4 Å². The van der Waals surface area contributed by atoms with Gasteiger partial charge in [-0.1, -0.05) is 19.1 Å². The standard InChI is InChI=1S/C19H26N4O/c1-13-8-9-20-11-18(13)21-19(24)17-6-4-16(5-7-17)12-23-15(3)10-14(2)22-23/h4-7,10,13,18,20H,8-9,11-12H2,1-3H3,(H,21,24). The molecular formula is C19H26N4O. The molecule has 1 aliphatic heterocycles. The third-order valence-electron chi connectivity index (χ3n) is 4.80. The lowest BCUT2D eigenvalue weighted by Crippen LogP contribution is -2.50. The van der Waals surface area contributed by atoms with Gasteiger partial charge in [0, 0.05) is 23.8 Å². The molecule has 2 aromatic rings. The number of hydrogen-bond donors (Lipinski definition) is 2. The van der Waals surface area contributed by atoms with Crippen molar-refractivity contribution in [3.05, 3.63) is 52.8 Å². The summed E-state index contributed by atoms with van der Waals surface area (Å²) in [5.41, 5.74) is 4.03. The second-order valence-corrected chi connectivity index (χ2v) is 6.83. The predicted molar refractivity (Wildman–Crippen MR) is 95.1 cm³/mol. The Hall–Kier alpha value is -2.14. The van der Waals surface area contributed by atoms with Crippen molar-refractivity contribution in [2.75, 3.05) is 13.1 Å². The molecule has 1 saturated heterocycles. The first kappa shape index (κ1) is 16.7. The highest BCUT2D eigenvalue weighted by molar-refractivity contribution is 5.94. The second-order valence-electron chi connectivity index (χ2n) is 6.83. The summed E-state index contributed by atoms with van der Waals surface area (Å²) in [6.07, 6.45) is 1.10. The van der Waals surface area contributed by atoms with Crippen molar-refractivity contribution in [1.29, 1.82) is 0 Å². The van der Waals surface area contributed by atoms with Crippen LogP contribution in [0.15, 0.2) is 30.3 Å². The van der Waals surface area contributed by atoms with Gasteiger partial charge in [0.25, 0.3) is 5.91 Å². The van der Waals surface area contributed by atoms with E-state index >= 15 is 0 Å². The van der Waals surface area contributed by atoms with Crippen LogP contribution in [-0.4, -0.2) is 34.8 Å². The molecule has 1 aliphatic rings. The van der Waals surface area contributed by atoms with E-state index in [0.29, 0.717) is 11.5 Å². The van der Waals surface area contributed by atoms with E-state index in [9.17, 15) is 4.79 Å². The van der Waals surface area contributed by atoms with E-state index < -0.39 is 0 Å². The first-order valence-corrected chi connectivity index (χ1v) is 8.64. The largest absolute Gasteiger partial charge is 0.348 e. The van der Waals surface area contributed by atoms with Crippen LogP contribution in [0, 0.1) is 19.8 Å². The van der Waals surface area contributed by atoms with Gasteiger partial charge in [0.2, 0.25) is 0 Å². The lowest BCUT2D eigenvalue weighted by molar-refractivity contribution is 0.0915. The molecule has 2 heterocycles. The molecule has 2 unspecified atom stereocenters. The Morgan fingerprint density at radius 3 is 2.71 bits per heavy atom. The van der Waals surface area contributed by atoms with Gasteiger partial charge in [-0.05, 0) is 56.5 Å². The van der Waals surface area contributed by atoms with Crippen LogP contribution in [0.3, 0.4) is 0 Å². The molecule has 3 rings (SSSR count). The third-order valence-corrected chi connectivity index (χ3v) is 4.80. The summed E-state index contributed by atoms with van der Waals surface area (Å²) in [5, 5.41) is 11.0. The lowest BCUT2D eigenvalue weighted by atomic mass is 9.94. The highest BCUT2D eigenvalue weighted by Crippen LogP contribution is 2.13. The summed E-state index contributed by atoms with van der Waals surface area (Å²) in [6.45, 7) is 8.87. The highest BCUT2D eigenvalue weighted by atomic mass is 16.1. The van der Waals surface area contributed by atoms with Crippen LogP contribution in [0.4, 0.5) is 0 Å². The molecule has 1 aromatic carbocycles. The number of nitrogens with zero attached hydrogens (tertiary/aromatic N) is 2. The summed E-state index contributed by atoms with van der Waals surface area (Å²) in [4.78, 5) is 12.4. The molecule has 0 aliphatic carbocycles. The zero-order valence-electron chi connectivity index (χ0n) is 14.7. The fourth-order valence-electron chi connectivity index (χ4n) is 3.20. The number of hydrogen-bond acceptors (Lipinski definition) is 3. The third kappa shape index (κ3) is 3.85. The molecule has 1 fully saturated rings. The number of benzene rings is 1. The van der Waals surface area contributed by atoms with Crippen molar-refractivity contribution in [2.45, 2.75) is 39.8 Å². The zero-order chi connectivity index (χ0) is 17.1. The minimum atomic E-state index is 0.00761. The zero-order valence-corrected chi connectivity index (χ0v) is 14.7. The quantitative estimate of drug-likeness (QED) is 0.906. The van der Waals surface area contributed by atoms with E-state index in [4.69, 9.17) is 0 Å². The molecule has 0 spiro atoms. The first-order chi connectivity index (χ1) is 11.5. The van der Waals surface area contributed by atoms with Crippen molar-refractivity contribution < 1.29 is 4.79 Å². The molecule has 0 radical (unpaired) electrons. The number of aryl methyl sites for hydroxylation is 2. The first-order valence-electron chi connectivity index (χ1n) is 8.64. The lowest BCUT2D eigenvalue weighted by Gasteiger charge is -2.30. The molecule has 5 nitrogen and oxygen atoms in total. The van der Waals surface area contributed by atoms with Crippen LogP contribution in [0.25, 0.3) is 0 Å². The number of aromatic nitrogens is 2. The Labute approximate surface area is 143 Å². The molecule has 2 N–H and O–H groups in total. The van der Waals surface area contributed by atoms with Crippen molar-refractivity contribution >= 4 is 5.91 Å². The van der Waals surface area contributed by atoms with Crippen molar-refractivity contribution in [3.63, 3.8) is 0 Å². The van der Waals surface area contributed by atoms with Gasteiger partial charge in [-0.15, -0.1) is 0 Å². The van der Waals surface area contributed by atoms with Gasteiger partial charge in [0.1, 0.15) is 0 Å². The van der Waals surface area contributed by atoms with E-state index in [0.717, 1.165) is 43.0 Å². The van der Waals surface area contributed by atoms with Gasteiger partial charge in [-0.2, -0.15) is 5.10 Å². The number of piperidine rings is 1. The van der Waals surface area contributed by atoms with Crippen molar-refractivity contribution in [3.8, 4) is 0 Å². The fourth-order valence-corrected chi connectivity index (χ4v) is 3.20. The van der Waals surface area contributed by atoms with E-state index in [1.54, 1.807) is 0 Å².